The first-order valence-corrected chi connectivity index (χ1v) is 9.61. The van der Waals surface area contributed by atoms with Crippen molar-refractivity contribution in [1.82, 2.24) is 20.5 Å². The van der Waals surface area contributed by atoms with Crippen molar-refractivity contribution in [3.8, 4) is 0 Å². The zero-order chi connectivity index (χ0) is 19.9. The highest BCUT2D eigenvalue weighted by Gasteiger charge is 2.24. The molecule has 0 bridgehead atoms. The maximum absolute atomic E-state index is 12.4. The lowest BCUT2D eigenvalue weighted by atomic mass is 9.98. The molecule has 0 saturated carbocycles. The molecule has 8 nitrogen and oxygen atoms in total. The first kappa shape index (κ1) is 19.7. The lowest BCUT2D eigenvalue weighted by Gasteiger charge is -2.32. The van der Waals surface area contributed by atoms with Crippen LogP contribution >= 0.6 is 0 Å². The molecule has 1 aliphatic rings. The molecule has 0 radical (unpaired) electrons. The number of rotatable bonds is 6. The molecule has 1 aliphatic heterocycles. The van der Waals surface area contributed by atoms with Gasteiger partial charge in [0.1, 0.15) is 12.2 Å². The monoisotopic (exact) mass is 386 g/mol. The number of aromatic nitrogens is 1. The number of hydrogen-bond acceptors (Lipinski definition) is 4. The zero-order valence-electron chi connectivity index (χ0n) is 16.0. The van der Waals surface area contributed by atoms with Gasteiger partial charge in [0.05, 0.1) is 6.61 Å². The highest BCUT2D eigenvalue weighted by Crippen LogP contribution is 2.17. The summed E-state index contributed by atoms with van der Waals surface area (Å²) in [6.07, 6.45) is 1.80. The average Bonchev–Trinajstić information content (AvgIpc) is 3.15. The molecule has 1 aromatic carbocycles. The molecule has 0 aliphatic carbocycles. The van der Waals surface area contributed by atoms with Gasteiger partial charge in [0.15, 0.2) is 0 Å². The summed E-state index contributed by atoms with van der Waals surface area (Å²) in [7, 11) is 0. The summed E-state index contributed by atoms with van der Waals surface area (Å²) < 4.78 is 4.81. The number of piperidine rings is 1. The predicted octanol–water partition coefficient (Wildman–Crippen LogP) is 1.88. The second-order valence-electron chi connectivity index (χ2n) is 6.90. The van der Waals surface area contributed by atoms with E-state index in [1.54, 1.807) is 11.8 Å². The lowest BCUT2D eigenvalue weighted by Crippen LogP contribution is -2.48. The third kappa shape index (κ3) is 5.03. The van der Waals surface area contributed by atoms with Crippen molar-refractivity contribution in [2.75, 3.05) is 32.8 Å². The maximum atomic E-state index is 12.4. The number of nitrogens with zero attached hydrogens (tertiary/aromatic N) is 1. The highest BCUT2D eigenvalue weighted by atomic mass is 16.5. The molecule has 0 spiro atoms. The van der Waals surface area contributed by atoms with Gasteiger partial charge in [0.25, 0.3) is 5.91 Å². The van der Waals surface area contributed by atoms with Crippen LogP contribution in [-0.4, -0.2) is 60.6 Å². The van der Waals surface area contributed by atoms with Crippen molar-refractivity contribution in [3.63, 3.8) is 0 Å². The fraction of sp³-hybridized carbons (Fsp3) is 0.450. The molecule has 1 aromatic heterocycles. The number of aromatic amines is 1. The standard InChI is InChI=1S/C20H26N4O4/c1-2-28-18(25)12-22-20(27)24-9-5-6-14(13-24)11-21-19(26)17-10-15-7-3-4-8-16(15)23-17/h3-4,7-8,10,14,23H,2,5-6,9,11-13H2,1H3,(H,21,26)(H,22,27)/t14-/m0/s1. The summed E-state index contributed by atoms with van der Waals surface area (Å²) in [5.74, 6) is -0.425. The first-order chi connectivity index (χ1) is 13.6. The second-order valence-corrected chi connectivity index (χ2v) is 6.90. The number of esters is 1. The highest BCUT2D eigenvalue weighted by molar-refractivity contribution is 5.97. The van der Waals surface area contributed by atoms with E-state index in [1.807, 2.05) is 30.3 Å². The minimum atomic E-state index is -0.449. The summed E-state index contributed by atoms with van der Waals surface area (Å²) in [6, 6.07) is 9.29. The van der Waals surface area contributed by atoms with E-state index < -0.39 is 5.97 Å². The summed E-state index contributed by atoms with van der Waals surface area (Å²) in [5, 5.41) is 6.53. The van der Waals surface area contributed by atoms with E-state index in [2.05, 4.69) is 15.6 Å². The SMILES string of the molecule is CCOC(=O)CNC(=O)N1CCC[C@@H](CNC(=O)c2cc3ccccc3[nH]2)C1. The molecule has 1 saturated heterocycles. The van der Waals surface area contributed by atoms with Crippen molar-refractivity contribution >= 4 is 28.8 Å². The van der Waals surface area contributed by atoms with E-state index in [0.717, 1.165) is 23.7 Å². The Morgan fingerprint density at radius 3 is 2.86 bits per heavy atom. The number of nitrogens with one attached hydrogen (secondary N) is 3. The van der Waals surface area contributed by atoms with Gasteiger partial charge in [-0.1, -0.05) is 18.2 Å². The van der Waals surface area contributed by atoms with Crippen LogP contribution in [0.1, 0.15) is 30.3 Å². The van der Waals surface area contributed by atoms with Gasteiger partial charge in [-0.3, -0.25) is 9.59 Å². The minimum Gasteiger partial charge on any atom is -0.465 e. The Labute approximate surface area is 163 Å². The van der Waals surface area contributed by atoms with Crippen LogP contribution < -0.4 is 10.6 Å². The number of likely N-dealkylation sites (tertiary alicyclic amines) is 1. The van der Waals surface area contributed by atoms with Gasteiger partial charge in [-0.15, -0.1) is 0 Å². The van der Waals surface area contributed by atoms with Gasteiger partial charge in [-0.05, 0) is 37.8 Å². The Morgan fingerprint density at radius 1 is 1.25 bits per heavy atom. The summed E-state index contributed by atoms with van der Waals surface area (Å²) in [6.45, 7) is 3.55. The number of carbonyl (C=O) groups excluding carboxylic acids is 3. The Hall–Kier alpha value is -3.03. The second kappa shape index (κ2) is 9.25. The van der Waals surface area contributed by atoms with Gasteiger partial charge < -0.3 is 25.3 Å². The Bertz CT molecular complexity index is 815. The number of fused-ring (bicyclic) bond motifs is 1. The van der Waals surface area contributed by atoms with E-state index in [-0.39, 0.29) is 31.0 Å². The summed E-state index contributed by atoms with van der Waals surface area (Å²) in [5.41, 5.74) is 1.45. The molecular formula is C20H26N4O4. The Kier molecular flexibility index (Phi) is 6.52. The molecule has 28 heavy (non-hydrogen) atoms. The minimum absolute atomic E-state index is 0.134. The van der Waals surface area contributed by atoms with Crippen molar-refractivity contribution in [2.24, 2.45) is 5.92 Å². The molecule has 3 rings (SSSR count). The first-order valence-electron chi connectivity index (χ1n) is 9.61. The van der Waals surface area contributed by atoms with Crippen molar-refractivity contribution in [3.05, 3.63) is 36.0 Å². The molecule has 0 unspecified atom stereocenters. The third-order valence-electron chi connectivity index (χ3n) is 4.82. The zero-order valence-corrected chi connectivity index (χ0v) is 16.0. The van der Waals surface area contributed by atoms with E-state index >= 15 is 0 Å². The Morgan fingerprint density at radius 2 is 2.07 bits per heavy atom. The van der Waals surface area contributed by atoms with Crippen LogP contribution in [0.15, 0.2) is 30.3 Å². The van der Waals surface area contributed by atoms with Crippen molar-refractivity contribution in [2.45, 2.75) is 19.8 Å². The Balaban J connectivity index is 1.47. The van der Waals surface area contributed by atoms with Crippen LogP contribution in [0.2, 0.25) is 0 Å². The lowest BCUT2D eigenvalue weighted by molar-refractivity contribution is -0.141. The molecule has 2 aromatic rings. The van der Waals surface area contributed by atoms with Crippen LogP contribution in [-0.2, 0) is 9.53 Å². The topological polar surface area (TPSA) is 104 Å². The van der Waals surface area contributed by atoms with E-state index in [0.29, 0.717) is 25.3 Å². The van der Waals surface area contributed by atoms with Crippen molar-refractivity contribution in [1.29, 1.82) is 0 Å². The third-order valence-corrected chi connectivity index (χ3v) is 4.82. The molecule has 1 fully saturated rings. The van der Waals surface area contributed by atoms with Crippen molar-refractivity contribution < 1.29 is 19.1 Å². The van der Waals surface area contributed by atoms with Gasteiger partial charge in [0, 0.05) is 30.5 Å². The van der Waals surface area contributed by atoms with E-state index in [9.17, 15) is 14.4 Å². The average molecular weight is 386 g/mol. The predicted molar refractivity (Wildman–Crippen MR) is 105 cm³/mol. The molecule has 3 amide bonds. The molecular weight excluding hydrogens is 360 g/mol. The fourth-order valence-electron chi connectivity index (χ4n) is 3.42. The number of urea groups is 1. The molecule has 2 heterocycles. The van der Waals surface area contributed by atoms with Gasteiger partial charge in [-0.25, -0.2) is 4.79 Å². The normalized spacial score (nSPS) is 16.6. The van der Waals surface area contributed by atoms with Crippen LogP contribution in [0.25, 0.3) is 10.9 Å². The van der Waals surface area contributed by atoms with E-state index in [4.69, 9.17) is 4.74 Å². The quantitative estimate of drug-likeness (QED) is 0.660. The van der Waals surface area contributed by atoms with Gasteiger partial charge in [0.2, 0.25) is 0 Å². The number of carbonyl (C=O) groups is 3. The number of hydrogen-bond donors (Lipinski definition) is 3. The van der Waals surface area contributed by atoms with Crippen LogP contribution in [0.3, 0.4) is 0 Å². The van der Waals surface area contributed by atoms with Crippen LogP contribution in [0.4, 0.5) is 4.79 Å². The maximum Gasteiger partial charge on any atom is 0.325 e. The van der Waals surface area contributed by atoms with Gasteiger partial charge >= 0.3 is 12.0 Å². The number of benzene rings is 1. The van der Waals surface area contributed by atoms with Gasteiger partial charge in [-0.2, -0.15) is 0 Å². The van der Waals surface area contributed by atoms with Crippen LogP contribution in [0.5, 0.6) is 0 Å². The molecule has 1 atom stereocenters. The molecule has 3 N–H and O–H groups in total. The summed E-state index contributed by atoms with van der Waals surface area (Å²) >= 11 is 0. The fourth-order valence-corrected chi connectivity index (χ4v) is 3.42. The number of amides is 3. The largest absolute Gasteiger partial charge is 0.465 e. The van der Waals surface area contributed by atoms with Crippen LogP contribution in [0, 0.1) is 5.92 Å². The summed E-state index contributed by atoms with van der Waals surface area (Å²) in [4.78, 5) is 40.8. The number of para-hydroxylation sites is 1. The smallest absolute Gasteiger partial charge is 0.325 e. The molecule has 8 heteroatoms. The number of ether oxygens (including phenoxy) is 1. The van der Waals surface area contributed by atoms with E-state index in [1.165, 1.54) is 0 Å². The number of H-pyrrole nitrogens is 1. The molecule has 150 valence electrons.